The number of anilines is 1. The summed E-state index contributed by atoms with van der Waals surface area (Å²) < 4.78 is 5.47. The number of carbonyl (C=O) groups is 1. The Balaban J connectivity index is 1.70. The molecule has 0 radical (unpaired) electrons. The highest BCUT2D eigenvalue weighted by Gasteiger charge is 2.34. The molecule has 37 heavy (non-hydrogen) atoms. The van der Waals surface area contributed by atoms with Crippen molar-refractivity contribution in [2.75, 3.05) is 12.0 Å². The van der Waals surface area contributed by atoms with Crippen LogP contribution >= 0.6 is 11.6 Å². The van der Waals surface area contributed by atoms with E-state index in [-0.39, 0.29) is 30.4 Å². The summed E-state index contributed by atoms with van der Waals surface area (Å²) in [6, 6.07) is 16.6. The second kappa shape index (κ2) is 11.1. The number of aliphatic imine (C=N–C) groups is 1. The maximum absolute atomic E-state index is 13.0. The standard InChI is InChI=1S/C27H30ClN5O4/c1-15(29)33-22-9-8-19(37-2)12-20(22)26(17-4-6-18(28)7-5-17)32-21(27(33)30)13-25(36)31-14-16-3-10-23(34)24(35)11-16/h3-12,15,21,27,34-35H,13-14,29-30H2,1-2H3,(H,31,36)/t15?,21-,27?/m0/s1. The minimum Gasteiger partial charge on any atom is -0.504 e. The average molecular weight is 524 g/mol. The molecule has 194 valence electrons. The number of halogens is 1. The van der Waals surface area contributed by atoms with Crippen molar-refractivity contribution in [2.24, 2.45) is 16.5 Å². The fraction of sp³-hybridized carbons (Fsp3) is 0.259. The summed E-state index contributed by atoms with van der Waals surface area (Å²) in [4.78, 5) is 19.8. The zero-order valence-corrected chi connectivity index (χ0v) is 21.3. The third kappa shape index (κ3) is 5.80. The molecule has 0 saturated carbocycles. The van der Waals surface area contributed by atoms with Crippen molar-refractivity contribution in [1.29, 1.82) is 0 Å². The Morgan fingerprint density at radius 1 is 1.14 bits per heavy atom. The van der Waals surface area contributed by atoms with Crippen LogP contribution < -0.4 is 26.4 Å². The number of benzene rings is 3. The Bertz CT molecular complexity index is 1310. The van der Waals surface area contributed by atoms with Gasteiger partial charge in [-0.3, -0.25) is 9.79 Å². The van der Waals surface area contributed by atoms with Crippen LogP contribution in [0.4, 0.5) is 5.69 Å². The van der Waals surface area contributed by atoms with Gasteiger partial charge in [0.25, 0.3) is 0 Å². The fourth-order valence-corrected chi connectivity index (χ4v) is 4.48. The molecule has 7 N–H and O–H groups in total. The molecule has 0 saturated heterocycles. The van der Waals surface area contributed by atoms with E-state index >= 15 is 0 Å². The van der Waals surface area contributed by atoms with Gasteiger partial charge < -0.3 is 36.6 Å². The largest absolute Gasteiger partial charge is 0.504 e. The summed E-state index contributed by atoms with van der Waals surface area (Å²) in [5.74, 6) is -0.112. The number of methoxy groups -OCH3 is 1. The number of nitrogens with one attached hydrogen (secondary N) is 1. The Kier molecular flexibility index (Phi) is 7.87. The molecular formula is C27H30ClN5O4. The number of hydrogen-bond donors (Lipinski definition) is 5. The molecule has 0 fully saturated rings. The minimum absolute atomic E-state index is 0.00331. The molecule has 1 amide bonds. The van der Waals surface area contributed by atoms with Gasteiger partial charge in [-0.05, 0) is 55.0 Å². The fourth-order valence-electron chi connectivity index (χ4n) is 4.35. The number of aromatic hydroxyl groups is 2. The van der Waals surface area contributed by atoms with Gasteiger partial charge >= 0.3 is 0 Å². The predicted molar refractivity (Wildman–Crippen MR) is 144 cm³/mol. The molecule has 3 aromatic rings. The third-order valence-electron chi connectivity index (χ3n) is 6.23. The van der Waals surface area contributed by atoms with Gasteiger partial charge in [-0.2, -0.15) is 0 Å². The SMILES string of the molecule is COc1ccc2c(c1)C(c1ccc(Cl)cc1)=N[C@@H](CC(=O)NCc1ccc(O)c(O)c1)C(N)N2C(C)N. The number of phenols is 2. The van der Waals surface area contributed by atoms with Crippen LogP contribution in [0.15, 0.2) is 65.7 Å². The van der Waals surface area contributed by atoms with Gasteiger partial charge in [0.2, 0.25) is 5.91 Å². The molecule has 2 unspecified atom stereocenters. The van der Waals surface area contributed by atoms with E-state index in [1.165, 1.54) is 12.1 Å². The van der Waals surface area contributed by atoms with Crippen molar-refractivity contribution in [2.45, 2.75) is 38.3 Å². The van der Waals surface area contributed by atoms with Crippen LogP contribution in [0.1, 0.15) is 30.0 Å². The summed E-state index contributed by atoms with van der Waals surface area (Å²) in [7, 11) is 1.59. The van der Waals surface area contributed by atoms with E-state index < -0.39 is 18.4 Å². The van der Waals surface area contributed by atoms with Crippen LogP contribution in [0.25, 0.3) is 0 Å². The van der Waals surface area contributed by atoms with Crippen molar-refractivity contribution in [3.8, 4) is 17.2 Å². The molecule has 4 rings (SSSR count). The number of rotatable bonds is 7. The monoisotopic (exact) mass is 523 g/mol. The van der Waals surface area contributed by atoms with Gasteiger partial charge in [0, 0.05) is 28.4 Å². The number of nitrogens with zero attached hydrogens (tertiary/aromatic N) is 2. The highest BCUT2D eigenvalue weighted by atomic mass is 35.5. The van der Waals surface area contributed by atoms with E-state index in [1.807, 2.05) is 42.2 Å². The van der Waals surface area contributed by atoms with Crippen LogP contribution in [0, 0.1) is 0 Å². The minimum atomic E-state index is -0.694. The van der Waals surface area contributed by atoms with E-state index in [0.29, 0.717) is 22.0 Å². The quantitative estimate of drug-likeness (QED) is 0.299. The maximum atomic E-state index is 13.0. The summed E-state index contributed by atoms with van der Waals surface area (Å²) in [5.41, 5.74) is 16.7. The van der Waals surface area contributed by atoms with Crippen molar-refractivity contribution in [3.05, 3.63) is 82.4 Å². The molecule has 1 aliphatic heterocycles. The molecular weight excluding hydrogens is 494 g/mol. The number of carbonyl (C=O) groups excluding carboxylic acids is 1. The molecule has 1 heterocycles. The third-order valence-corrected chi connectivity index (χ3v) is 6.48. The number of phenolic OH excluding ortho intramolecular Hbond substituents is 2. The summed E-state index contributed by atoms with van der Waals surface area (Å²) in [6.07, 6.45) is -1.16. The summed E-state index contributed by atoms with van der Waals surface area (Å²) in [5, 5.41) is 22.7. The second-order valence-corrected chi connectivity index (χ2v) is 9.31. The van der Waals surface area contributed by atoms with Crippen molar-refractivity contribution >= 4 is 28.9 Å². The first kappa shape index (κ1) is 26.3. The Morgan fingerprint density at radius 2 is 1.86 bits per heavy atom. The topological polar surface area (TPSA) is 146 Å². The van der Waals surface area contributed by atoms with Gasteiger partial charge in [0.1, 0.15) is 11.9 Å². The van der Waals surface area contributed by atoms with Crippen LogP contribution in [0.3, 0.4) is 0 Å². The lowest BCUT2D eigenvalue weighted by molar-refractivity contribution is -0.121. The Hall–Kier alpha value is -3.79. The van der Waals surface area contributed by atoms with Gasteiger partial charge in [-0.15, -0.1) is 0 Å². The van der Waals surface area contributed by atoms with E-state index in [1.54, 1.807) is 25.3 Å². The number of ether oxygens (including phenoxy) is 1. The van der Waals surface area contributed by atoms with Crippen LogP contribution in [0.2, 0.25) is 5.02 Å². The first-order valence-electron chi connectivity index (χ1n) is 11.8. The highest BCUT2D eigenvalue weighted by molar-refractivity contribution is 6.30. The molecule has 0 aromatic heterocycles. The maximum Gasteiger partial charge on any atom is 0.222 e. The summed E-state index contributed by atoms with van der Waals surface area (Å²) in [6.45, 7) is 1.99. The lowest BCUT2D eigenvalue weighted by Gasteiger charge is -2.36. The molecule has 0 spiro atoms. The number of nitrogens with two attached hydrogens (primary N) is 2. The number of hydrogen-bond acceptors (Lipinski definition) is 8. The summed E-state index contributed by atoms with van der Waals surface area (Å²) >= 11 is 6.13. The number of fused-ring (bicyclic) bond motifs is 1. The molecule has 9 nitrogen and oxygen atoms in total. The van der Waals surface area contributed by atoms with Gasteiger partial charge in [0.15, 0.2) is 11.5 Å². The van der Waals surface area contributed by atoms with Crippen molar-refractivity contribution in [1.82, 2.24) is 5.32 Å². The van der Waals surface area contributed by atoms with E-state index in [9.17, 15) is 15.0 Å². The normalized spacial score (nSPS) is 17.9. The predicted octanol–water partition coefficient (Wildman–Crippen LogP) is 3.08. The molecule has 3 aromatic carbocycles. The first-order valence-corrected chi connectivity index (χ1v) is 12.1. The second-order valence-electron chi connectivity index (χ2n) is 8.88. The first-order chi connectivity index (χ1) is 17.7. The van der Waals surface area contributed by atoms with E-state index in [2.05, 4.69) is 5.32 Å². The van der Waals surface area contributed by atoms with Crippen LogP contribution in [0.5, 0.6) is 17.2 Å². The zero-order chi connectivity index (χ0) is 26.7. The zero-order valence-electron chi connectivity index (χ0n) is 20.6. The van der Waals surface area contributed by atoms with Crippen LogP contribution in [-0.2, 0) is 11.3 Å². The van der Waals surface area contributed by atoms with Crippen molar-refractivity contribution < 1.29 is 19.7 Å². The van der Waals surface area contributed by atoms with E-state index in [4.69, 9.17) is 32.8 Å². The van der Waals surface area contributed by atoms with Gasteiger partial charge in [0.05, 0.1) is 31.4 Å². The molecule has 0 aliphatic carbocycles. The highest BCUT2D eigenvalue weighted by Crippen LogP contribution is 2.34. The average Bonchev–Trinajstić information content (AvgIpc) is 2.99. The number of amides is 1. The lowest BCUT2D eigenvalue weighted by Crippen LogP contribution is -2.56. The molecule has 10 heteroatoms. The Labute approximate surface area is 220 Å². The van der Waals surface area contributed by atoms with Crippen molar-refractivity contribution in [3.63, 3.8) is 0 Å². The van der Waals surface area contributed by atoms with Gasteiger partial charge in [-0.1, -0.05) is 29.8 Å². The smallest absolute Gasteiger partial charge is 0.222 e. The van der Waals surface area contributed by atoms with Crippen LogP contribution in [-0.4, -0.2) is 47.3 Å². The van der Waals surface area contributed by atoms with E-state index in [0.717, 1.165) is 16.8 Å². The molecule has 0 bridgehead atoms. The van der Waals surface area contributed by atoms with Gasteiger partial charge in [-0.25, -0.2) is 0 Å². The Morgan fingerprint density at radius 3 is 2.51 bits per heavy atom. The molecule has 3 atom stereocenters. The lowest BCUT2D eigenvalue weighted by atomic mass is 9.99. The number of benzodiazepines with no additional fused rings is 1. The molecule has 1 aliphatic rings.